The lowest BCUT2D eigenvalue weighted by Crippen LogP contribution is -2.32. The number of hydrogen-bond donors (Lipinski definition) is 1. The third-order valence-corrected chi connectivity index (χ3v) is 3.88. The van der Waals surface area contributed by atoms with Gasteiger partial charge >= 0.3 is 0 Å². The molecule has 112 valence electrons. The van der Waals surface area contributed by atoms with Gasteiger partial charge in [0.05, 0.1) is 12.6 Å². The first-order chi connectivity index (χ1) is 9.61. The molecule has 1 N–H and O–H groups in total. The number of ether oxygens (including phenoxy) is 1. The molecule has 2 rings (SSSR count). The molecule has 0 amide bonds. The molecule has 1 aliphatic rings. The Bertz CT molecular complexity index is 428. The maximum atomic E-state index is 5.49. The van der Waals surface area contributed by atoms with Crippen LogP contribution in [0.5, 0.6) is 0 Å². The maximum absolute atomic E-state index is 5.49. The topological polar surface area (TPSA) is 37.4 Å². The standard InChI is InChI=1S/C16H27N3O/c1-5-17-10-13-8-15(12(2)3)18-16(9-13)19(4)14-6-7-20-11-14/h8-9,12,14,17H,5-7,10-11H2,1-4H3. The zero-order valence-corrected chi connectivity index (χ0v) is 13.1. The summed E-state index contributed by atoms with van der Waals surface area (Å²) in [7, 11) is 2.13. The van der Waals surface area contributed by atoms with Gasteiger partial charge in [0.15, 0.2) is 0 Å². The van der Waals surface area contributed by atoms with Gasteiger partial charge in [-0.3, -0.25) is 0 Å². The first-order valence-electron chi connectivity index (χ1n) is 7.64. The first-order valence-corrected chi connectivity index (χ1v) is 7.64. The number of aromatic nitrogens is 1. The molecule has 1 fully saturated rings. The van der Waals surface area contributed by atoms with Crippen molar-refractivity contribution in [2.45, 2.75) is 45.7 Å². The Kier molecular flexibility index (Phi) is 5.38. The minimum absolute atomic E-state index is 0.448. The van der Waals surface area contributed by atoms with E-state index < -0.39 is 0 Å². The fraction of sp³-hybridized carbons (Fsp3) is 0.688. The number of nitrogens with zero attached hydrogens (tertiary/aromatic N) is 2. The lowest BCUT2D eigenvalue weighted by Gasteiger charge is -2.26. The van der Waals surface area contributed by atoms with Crippen molar-refractivity contribution in [3.05, 3.63) is 23.4 Å². The van der Waals surface area contributed by atoms with Gasteiger partial charge in [0.25, 0.3) is 0 Å². The highest BCUT2D eigenvalue weighted by molar-refractivity contribution is 5.44. The Balaban J connectivity index is 2.23. The Hall–Kier alpha value is -1.13. The van der Waals surface area contributed by atoms with E-state index in [4.69, 9.17) is 9.72 Å². The van der Waals surface area contributed by atoms with Gasteiger partial charge in [-0.1, -0.05) is 20.8 Å². The van der Waals surface area contributed by atoms with Crippen molar-refractivity contribution in [1.82, 2.24) is 10.3 Å². The molecule has 0 bridgehead atoms. The maximum Gasteiger partial charge on any atom is 0.129 e. The molecule has 0 radical (unpaired) electrons. The minimum atomic E-state index is 0.448. The van der Waals surface area contributed by atoms with Crippen molar-refractivity contribution < 1.29 is 4.74 Å². The number of nitrogens with one attached hydrogen (secondary N) is 1. The fourth-order valence-corrected chi connectivity index (χ4v) is 2.46. The van der Waals surface area contributed by atoms with Crippen LogP contribution in [-0.4, -0.2) is 37.8 Å². The smallest absolute Gasteiger partial charge is 0.129 e. The van der Waals surface area contributed by atoms with Gasteiger partial charge in [0.1, 0.15) is 5.82 Å². The molecular weight excluding hydrogens is 250 g/mol. The Morgan fingerprint density at radius 2 is 2.25 bits per heavy atom. The summed E-state index contributed by atoms with van der Waals surface area (Å²) in [6, 6.07) is 4.87. The van der Waals surface area contributed by atoms with Crippen molar-refractivity contribution in [3.63, 3.8) is 0 Å². The van der Waals surface area contributed by atoms with Gasteiger partial charge < -0.3 is 15.0 Å². The largest absolute Gasteiger partial charge is 0.379 e. The molecule has 0 spiro atoms. The average Bonchev–Trinajstić information content (AvgIpc) is 2.98. The van der Waals surface area contributed by atoms with Crippen molar-refractivity contribution in [2.75, 3.05) is 31.7 Å². The Morgan fingerprint density at radius 1 is 1.45 bits per heavy atom. The fourth-order valence-electron chi connectivity index (χ4n) is 2.46. The van der Waals surface area contributed by atoms with Gasteiger partial charge in [-0.15, -0.1) is 0 Å². The lowest BCUT2D eigenvalue weighted by molar-refractivity contribution is 0.193. The second-order valence-corrected chi connectivity index (χ2v) is 5.82. The summed E-state index contributed by atoms with van der Waals surface area (Å²) in [5.74, 6) is 1.52. The van der Waals surface area contributed by atoms with Crippen LogP contribution >= 0.6 is 0 Å². The van der Waals surface area contributed by atoms with Crippen LogP contribution in [0.25, 0.3) is 0 Å². The molecule has 1 unspecified atom stereocenters. The number of rotatable bonds is 6. The highest BCUT2D eigenvalue weighted by Gasteiger charge is 2.22. The van der Waals surface area contributed by atoms with Crippen molar-refractivity contribution >= 4 is 5.82 Å². The van der Waals surface area contributed by atoms with Crippen LogP contribution in [-0.2, 0) is 11.3 Å². The summed E-state index contributed by atoms with van der Waals surface area (Å²) in [5, 5.41) is 3.40. The molecule has 1 aromatic heterocycles. The summed E-state index contributed by atoms with van der Waals surface area (Å²) >= 11 is 0. The number of anilines is 1. The zero-order valence-electron chi connectivity index (χ0n) is 13.1. The molecule has 1 saturated heterocycles. The summed E-state index contributed by atoms with van der Waals surface area (Å²) in [6.45, 7) is 10.1. The van der Waals surface area contributed by atoms with Gasteiger partial charge in [0, 0.05) is 25.9 Å². The molecule has 0 saturated carbocycles. The van der Waals surface area contributed by atoms with Crippen LogP contribution < -0.4 is 10.2 Å². The van der Waals surface area contributed by atoms with Crippen molar-refractivity contribution in [1.29, 1.82) is 0 Å². The van der Waals surface area contributed by atoms with Crippen LogP contribution in [0.15, 0.2) is 12.1 Å². The summed E-state index contributed by atoms with van der Waals surface area (Å²) < 4.78 is 5.49. The SMILES string of the molecule is CCNCc1cc(C(C)C)nc(N(C)C2CCOC2)c1. The predicted molar refractivity (Wildman–Crippen MR) is 83.3 cm³/mol. The van der Waals surface area contributed by atoms with Crippen LogP contribution in [0, 0.1) is 0 Å². The summed E-state index contributed by atoms with van der Waals surface area (Å²) in [6.07, 6.45) is 1.09. The summed E-state index contributed by atoms with van der Waals surface area (Å²) in [5.41, 5.74) is 2.48. The van der Waals surface area contributed by atoms with Crippen molar-refractivity contribution in [3.8, 4) is 0 Å². The van der Waals surface area contributed by atoms with Gasteiger partial charge in [0.2, 0.25) is 0 Å². The second kappa shape index (κ2) is 7.04. The number of likely N-dealkylation sites (N-methyl/N-ethyl adjacent to an activating group) is 1. The third-order valence-electron chi connectivity index (χ3n) is 3.88. The first kappa shape index (κ1) is 15.3. The van der Waals surface area contributed by atoms with E-state index in [2.05, 4.69) is 50.2 Å². The van der Waals surface area contributed by atoms with Crippen LogP contribution in [0.1, 0.15) is 44.4 Å². The van der Waals surface area contributed by atoms with Crippen LogP contribution in [0.4, 0.5) is 5.82 Å². The van der Waals surface area contributed by atoms with Gasteiger partial charge in [-0.25, -0.2) is 4.98 Å². The molecule has 0 aliphatic carbocycles. The van der Waals surface area contributed by atoms with E-state index in [1.807, 2.05) is 0 Å². The van der Waals surface area contributed by atoms with E-state index in [-0.39, 0.29) is 0 Å². The molecule has 1 aliphatic heterocycles. The van der Waals surface area contributed by atoms with Crippen LogP contribution in [0.3, 0.4) is 0 Å². The molecule has 0 aromatic carbocycles. The minimum Gasteiger partial charge on any atom is -0.379 e. The van der Waals surface area contributed by atoms with E-state index in [0.29, 0.717) is 12.0 Å². The normalized spacial score (nSPS) is 18.8. The zero-order chi connectivity index (χ0) is 14.5. The lowest BCUT2D eigenvalue weighted by atomic mass is 10.1. The highest BCUT2D eigenvalue weighted by Crippen LogP contribution is 2.23. The summed E-state index contributed by atoms with van der Waals surface area (Å²) in [4.78, 5) is 7.10. The van der Waals surface area contributed by atoms with Crippen molar-refractivity contribution in [2.24, 2.45) is 0 Å². The Labute approximate surface area is 122 Å². The predicted octanol–water partition coefficient (Wildman–Crippen LogP) is 2.54. The van der Waals surface area contributed by atoms with E-state index in [1.165, 1.54) is 11.3 Å². The number of pyridine rings is 1. The molecule has 20 heavy (non-hydrogen) atoms. The molecule has 4 nitrogen and oxygen atoms in total. The highest BCUT2D eigenvalue weighted by atomic mass is 16.5. The molecule has 1 atom stereocenters. The average molecular weight is 277 g/mol. The van der Waals surface area contributed by atoms with E-state index >= 15 is 0 Å². The van der Waals surface area contributed by atoms with E-state index in [9.17, 15) is 0 Å². The van der Waals surface area contributed by atoms with Gasteiger partial charge in [-0.05, 0) is 36.6 Å². The monoisotopic (exact) mass is 277 g/mol. The molecule has 2 heterocycles. The van der Waals surface area contributed by atoms with E-state index in [1.54, 1.807) is 0 Å². The number of hydrogen-bond acceptors (Lipinski definition) is 4. The Morgan fingerprint density at radius 3 is 2.85 bits per heavy atom. The second-order valence-electron chi connectivity index (χ2n) is 5.82. The van der Waals surface area contributed by atoms with E-state index in [0.717, 1.165) is 38.5 Å². The molecule has 4 heteroatoms. The van der Waals surface area contributed by atoms with Crippen LogP contribution in [0.2, 0.25) is 0 Å². The third kappa shape index (κ3) is 3.70. The van der Waals surface area contributed by atoms with Gasteiger partial charge in [-0.2, -0.15) is 0 Å². The quantitative estimate of drug-likeness (QED) is 0.867. The molecular formula is C16H27N3O. The molecule has 1 aromatic rings.